The summed E-state index contributed by atoms with van der Waals surface area (Å²) in [6.07, 6.45) is 1.01. The summed E-state index contributed by atoms with van der Waals surface area (Å²) in [5.41, 5.74) is 2.54. The zero-order chi connectivity index (χ0) is 13.0. The summed E-state index contributed by atoms with van der Waals surface area (Å²) in [5.74, 6) is 0.791. The normalized spacial score (nSPS) is 17.0. The minimum Gasteiger partial charge on any atom is -0.352 e. The van der Waals surface area contributed by atoms with E-state index >= 15 is 0 Å². The van der Waals surface area contributed by atoms with Gasteiger partial charge in [0, 0.05) is 12.5 Å². The predicted octanol–water partition coefficient (Wildman–Crippen LogP) is 1.72. The average molecular weight is 246 g/mol. The van der Waals surface area contributed by atoms with E-state index in [0.29, 0.717) is 12.5 Å². The SMILES string of the molecule is CCc1ccccc1CNC(=O)C(C)C1CNC1. The fourth-order valence-electron chi connectivity index (χ4n) is 2.30. The molecule has 0 radical (unpaired) electrons. The van der Waals surface area contributed by atoms with Crippen LogP contribution in [-0.4, -0.2) is 19.0 Å². The molecule has 0 bridgehead atoms. The van der Waals surface area contributed by atoms with Crippen LogP contribution >= 0.6 is 0 Å². The van der Waals surface area contributed by atoms with Crippen LogP contribution in [0.2, 0.25) is 0 Å². The molecule has 2 N–H and O–H groups in total. The number of carbonyl (C=O) groups is 1. The molecule has 1 fully saturated rings. The van der Waals surface area contributed by atoms with Gasteiger partial charge in [0.05, 0.1) is 0 Å². The molecular formula is C15H22N2O. The zero-order valence-electron chi connectivity index (χ0n) is 11.2. The maximum atomic E-state index is 12.0. The van der Waals surface area contributed by atoms with Crippen molar-refractivity contribution < 1.29 is 4.79 Å². The first-order valence-electron chi connectivity index (χ1n) is 6.77. The topological polar surface area (TPSA) is 41.1 Å². The first kappa shape index (κ1) is 13.1. The monoisotopic (exact) mass is 246 g/mol. The van der Waals surface area contributed by atoms with Gasteiger partial charge in [0.25, 0.3) is 0 Å². The smallest absolute Gasteiger partial charge is 0.223 e. The minimum atomic E-state index is 0.111. The molecular weight excluding hydrogens is 224 g/mol. The summed E-state index contributed by atoms with van der Waals surface area (Å²) in [5, 5.41) is 6.26. The van der Waals surface area contributed by atoms with Gasteiger partial charge in [-0.3, -0.25) is 4.79 Å². The largest absolute Gasteiger partial charge is 0.352 e. The lowest BCUT2D eigenvalue weighted by Crippen LogP contribution is -2.49. The number of rotatable bonds is 5. The molecule has 98 valence electrons. The number of aryl methyl sites for hydroxylation is 1. The van der Waals surface area contributed by atoms with Crippen LogP contribution in [0.25, 0.3) is 0 Å². The van der Waals surface area contributed by atoms with E-state index in [0.717, 1.165) is 19.5 Å². The quantitative estimate of drug-likeness (QED) is 0.830. The number of carbonyl (C=O) groups excluding carboxylic acids is 1. The number of amides is 1. The van der Waals surface area contributed by atoms with Crippen LogP contribution < -0.4 is 10.6 Å². The highest BCUT2D eigenvalue weighted by atomic mass is 16.1. The standard InChI is InChI=1S/C15H22N2O/c1-3-12-6-4-5-7-13(12)10-17-15(18)11(2)14-8-16-9-14/h4-7,11,14,16H,3,8-10H2,1-2H3,(H,17,18). The summed E-state index contributed by atoms with van der Waals surface area (Å²) in [6.45, 7) is 6.75. The second-order valence-electron chi connectivity index (χ2n) is 5.05. The van der Waals surface area contributed by atoms with E-state index in [1.54, 1.807) is 0 Å². The van der Waals surface area contributed by atoms with Crippen LogP contribution in [0.1, 0.15) is 25.0 Å². The van der Waals surface area contributed by atoms with Crippen molar-refractivity contribution in [3.8, 4) is 0 Å². The van der Waals surface area contributed by atoms with Gasteiger partial charge < -0.3 is 10.6 Å². The molecule has 0 spiro atoms. The van der Waals surface area contributed by atoms with Crippen molar-refractivity contribution in [3.05, 3.63) is 35.4 Å². The Morgan fingerprint density at radius 2 is 2.06 bits per heavy atom. The highest BCUT2D eigenvalue weighted by Crippen LogP contribution is 2.16. The second kappa shape index (κ2) is 6.01. The lowest BCUT2D eigenvalue weighted by Gasteiger charge is -2.31. The third-order valence-corrected chi connectivity index (χ3v) is 3.89. The number of benzene rings is 1. The van der Waals surface area contributed by atoms with Gasteiger partial charge in [-0.05, 0) is 36.6 Å². The summed E-state index contributed by atoms with van der Waals surface area (Å²) in [6, 6.07) is 8.29. The van der Waals surface area contributed by atoms with Gasteiger partial charge in [0.2, 0.25) is 5.91 Å². The molecule has 1 amide bonds. The third kappa shape index (κ3) is 2.91. The number of hydrogen-bond acceptors (Lipinski definition) is 2. The summed E-state index contributed by atoms with van der Waals surface area (Å²) in [7, 11) is 0. The van der Waals surface area contributed by atoms with Crippen molar-refractivity contribution in [2.75, 3.05) is 13.1 Å². The van der Waals surface area contributed by atoms with Gasteiger partial charge >= 0.3 is 0 Å². The molecule has 1 aliphatic heterocycles. The Balaban J connectivity index is 1.88. The van der Waals surface area contributed by atoms with Crippen LogP contribution in [0.5, 0.6) is 0 Å². The summed E-state index contributed by atoms with van der Waals surface area (Å²) < 4.78 is 0. The molecule has 1 atom stereocenters. The fraction of sp³-hybridized carbons (Fsp3) is 0.533. The van der Waals surface area contributed by atoms with Crippen molar-refractivity contribution in [1.82, 2.24) is 10.6 Å². The van der Waals surface area contributed by atoms with E-state index in [4.69, 9.17) is 0 Å². The van der Waals surface area contributed by atoms with Crippen molar-refractivity contribution in [2.24, 2.45) is 11.8 Å². The maximum absolute atomic E-state index is 12.0. The molecule has 1 aliphatic rings. The van der Waals surface area contributed by atoms with E-state index in [1.165, 1.54) is 11.1 Å². The molecule has 0 aromatic heterocycles. The number of nitrogens with one attached hydrogen (secondary N) is 2. The Hall–Kier alpha value is -1.35. The van der Waals surface area contributed by atoms with Crippen molar-refractivity contribution in [2.45, 2.75) is 26.8 Å². The molecule has 1 saturated heterocycles. The van der Waals surface area contributed by atoms with Gasteiger partial charge in [-0.25, -0.2) is 0 Å². The molecule has 1 unspecified atom stereocenters. The Labute approximate surface area is 109 Å². The number of hydrogen-bond donors (Lipinski definition) is 2. The first-order valence-corrected chi connectivity index (χ1v) is 6.77. The van der Waals surface area contributed by atoms with Crippen molar-refractivity contribution in [1.29, 1.82) is 0 Å². The third-order valence-electron chi connectivity index (χ3n) is 3.89. The van der Waals surface area contributed by atoms with Crippen molar-refractivity contribution in [3.63, 3.8) is 0 Å². The van der Waals surface area contributed by atoms with E-state index in [2.05, 4.69) is 29.7 Å². The highest BCUT2D eigenvalue weighted by molar-refractivity contribution is 5.78. The molecule has 18 heavy (non-hydrogen) atoms. The predicted molar refractivity (Wildman–Crippen MR) is 73.2 cm³/mol. The Morgan fingerprint density at radius 3 is 2.61 bits per heavy atom. The summed E-state index contributed by atoms with van der Waals surface area (Å²) in [4.78, 5) is 12.0. The second-order valence-corrected chi connectivity index (χ2v) is 5.05. The van der Waals surface area contributed by atoms with E-state index in [1.807, 2.05) is 19.1 Å². The molecule has 3 heteroatoms. The zero-order valence-corrected chi connectivity index (χ0v) is 11.2. The van der Waals surface area contributed by atoms with E-state index < -0.39 is 0 Å². The van der Waals surface area contributed by atoms with Gasteiger partial charge in [0.1, 0.15) is 0 Å². The van der Waals surface area contributed by atoms with E-state index in [-0.39, 0.29) is 11.8 Å². The van der Waals surface area contributed by atoms with Crippen molar-refractivity contribution >= 4 is 5.91 Å². The lowest BCUT2D eigenvalue weighted by molar-refractivity contribution is -0.126. The van der Waals surface area contributed by atoms with E-state index in [9.17, 15) is 4.79 Å². The summed E-state index contributed by atoms with van der Waals surface area (Å²) >= 11 is 0. The van der Waals surface area contributed by atoms with Crippen LogP contribution in [0.15, 0.2) is 24.3 Å². The van der Waals surface area contributed by atoms with Gasteiger partial charge in [-0.1, -0.05) is 38.1 Å². The molecule has 1 aromatic carbocycles. The molecule has 0 saturated carbocycles. The minimum absolute atomic E-state index is 0.111. The van der Waals surface area contributed by atoms with Crippen LogP contribution in [0.4, 0.5) is 0 Å². The van der Waals surface area contributed by atoms with Crippen LogP contribution in [0.3, 0.4) is 0 Å². The van der Waals surface area contributed by atoms with Gasteiger partial charge in [-0.2, -0.15) is 0 Å². The van der Waals surface area contributed by atoms with Crippen LogP contribution in [0, 0.1) is 11.8 Å². The fourth-order valence-corrected chi connectivity index (χ4v) is 2.30. The van der Waals surface area contributed by atoms with Gasteiger partial charge in [0.15, 0.2) is 0 Å². The molecule has 3 nitrogen and oxygen atoms in total. The maximum Gasteiger partial charge on any atom is 0.223 e. The highest BCUT2D eigenvalue weighted by Gasteiger charge is 2.28. The Kier molecular flexibility index (Phi) is 4.37. The average Bonchev–Trinajstić information content (AvgIpc) is 2.34. The lowest BCUT2D eigenvalue weighted by atomic mass is 9.88. The van der Waals surface area contributed by atoms with Crippen LogP contribution in [-0.2, 0) is 17.8 Å². The molecule has 1 aromatic rings. The molecule has 2 rings (SSSR count). The molecule has 0 aliphatic carbocycles. The first-order chi connectivity index (χ1) is 8.72. The molecule has 1 heterocycles. The Morgan fingerprint density at radius 1 is 1.39 bits per heavy atom. The van der Waals surface area contributed by atoms with Gasteiger partial charge in [-0.15, -0.1) is 0 Å². The Bertz CT molecular complexity index is 413.